The molecule has 1 fully saturated rings. The molecule has 0 aliphatic carbocycles. The van der Waals surface area contributed by atoms with Crippen LogP contribution >= 0.6 is 0 Å². The van der Waals surface area contributed by atoms with Gasteiger partial charge < -0.3 is 49.5 Å². The van der Waals surface area contributed by atoms with Crippen molar-refractivity contribution >= 4 is 22.8 Å². The minimum absolute atomic E-state index is 0.156. The monoisotopic (exact) mass is 559 g/mol. The fraction of sp³-hybridized carbons (Fsp3) is 0.370. The lowest BCUT2D eigenvalue weighted by atomic mass is 9.97. The predicted octanol–water partition coefficient (Wildman–Crippen LogP) is 0.371. The molecule has 0 saturated carbocycles. The number of methoxy groups -OCH3 is 1. The number of phenols is 2. The number of amides is 1. The van der Waals surface area contributed by atoms with Gasteiger partial charge in [-0.15, -0.1) is 0 Å². The number of nitrogens with one attached hydrogen (secondary N) is 1. The van der Waals surface area contributed by atoms with E-state index in [4.69, 9.17) is 13.9 Å². The van der Waals surface area contributed by atoms with Crippen LogP contribution in [0.15, 0.2) is 51.7 Å². The van der Waals surface area contributed by atoms with Crippen LogP contribution in [0.1, 0.15) is 13.8 Å². The van der Waals surface area contributed by atoms with E-state index in [-0.39, 0.29) is 16.7 Å². The molecule has 0 unspecified atom stereocenters. The van der Waals surface area contributed by atoms with Crippen molar-refractivity contribution in [2.45, 2.75) is 50.6 Å². The van der Waals surface area contributed by atoms with Gasteiger partial charge in [0.2, 0.25) is 12.0 Å². The summed E-state index contributed by atoms with van der Waals surface area (Å²) in [6, 6.07) is 9.70. The highest BCUT2D eigenvalue weighted by atomic mass is 16.7. The van der Waals surface area contributed by atoms with Gasteiger partial charge in [-0.05, 0) is 5.92 Å². The number of hydrogen-bond acceptors (Lipinski definition) is 12. The fourth-order valence-electron chi connectivity index (χ4n) is 4.25. The van der Waals surface area contributed by atoms with E-state index in [1.165, 1.54) is 0 Å². The highest BCUT2D eigenvalue weighted by Gasteiger charge is 2.49. The third kappa shape index (κ3) is 5.45. The number of hydrogen-bond donors (Lipinski definition) is 6. The molecular formula is C27H29NO12. The van der Waals surface area contributed by atoms with Crippen LogP contribution in [-0.4, -0.2) is 81.3 Å². The van der Waals surface area contributed by atoms with Gasteiger partial charge in [0.05, 0.1) is 7.11 Å². The van der Waals surface area contributed by atoms with E-state index in [9.17, 15) is 39.9 Å². The van der Waals surface area contributed by atoms with Crippen molar-refractivity contribution in [1.82, 2.24) is 5.32 Å². The predicted molar refractivity (Wildman–Crippen MR) is 137 cm³/mol. The summed E-state index contributed by atoms with van der Waals surface area (Å²) in [5.74, 6) is -4.33. The Hall–Kier alpha value is -4.17. The van der Waals surface area contributed by atoms with Gasteiger partial charge >= 0.3 is 5.97 Å². The van der Waals surface area contributed by atoms with Crippen LogP contribution in [0.5, 0.6) is 17.2 Å². The number of aliphatic hydroxyl groups is 3. The average molecular weight is 560 g/mol. The summed E-state index contributed by atoms with van der Waals surface area (Å²) in [5.41, 5.74) is -0.288. The molecule has 40 heavy (non-hydrogen) atoms. The van der Waals surface area contributed by atoms with Gasteiger partial charge in [-0.2, -0.15) is 0 Å². The van der Waals surface area contributed by atoms with E-state index in [1.54, 1.807) is 44.2 Å². The van der Waals surface area contributed by atoms with Crippen LogP contribution in [0.4, 0.5) is 0 Å². The maximum absolute atomic E-state index is 12.9. The average Bonchev–Trinajstić information content (AvgIpc) is 2.93. The Bertz CT molecular complexity index is 1450. The number of aliphatic hydroxyl groups excluding tert-OH is 3. The van der Waals surface area contributed by atoms with Crippen molar-refractivity contribution < 1.29 is 53.7 Å². The van der Waals surface area contributed by atoms with Crippen molar-refractivity contribution in [1.29, 1.82) is 0 Å². The van der Waals surface area contributed by atoms with Crippen molar-refractivity contribution in [3.63, 3.8) is 0 Å². The van der Waals surface area contributed by atoms with Gasteiger partial charge in [0, 0.05) is 17.7 Å². The molecule has 2 heterocycles. The third-order valence-electron chi connectivity index (χ3n) is 6.48. The van der Waals surface area contributed by atoms with Crippen LogP contribution in [0.2, 0.25) is 0 Å². The van der Waals surface area contributed by atoms with Crippen molar-refractivity contribution in [2.24, 2.45) is 5.92 Å². The standard InChI is InChI=1S/C27H29NO12/c1-11(2)18(26(36)37-3)28-25(35)24-22(33)21(32)23(34)27(40-24)39-16-10-15-17(20(31)19(16)30)13(29)9-14(38-15)12-7-5-4-6-8-12/h4-11,18,21-24,27,30-34H,1-3H3,(H,28,35)/t18-,21-,22-,23-,24-,27+/m0/s1. The zero-order chi connectivity index (χ0) is 29.3. The van der Waals surface area contributed by atoms with Crippen molar-refractivity contribution in [3.05, 3.63) is 52.7 Å². The van der Waals surface area contributed by atoms with Crippen LogP contribution in [0.3, 0.4) is 0 Å². The molecule has 6 N–H and O–H groups in total. The van der Waals surface area contributed by atoms with Gasteiger partial charge in [-0.3, -0.25) is 9.59 Å². The summed E-state index contributed by atoms with van der Waals surface area (Å²) in [6.45, 7) is 3.28. The minimum Gasteiger partial charge on any atom is -0.504 e. The lowest BCUT2D eigenvalue weighted by Crippen LogP contribution is -2.64. The largest absolute Gasteiger partial charge is 0.504 e. The van der Waals surface area contributed by atoms with Crippen LogP contribution in [-0.2, 0) is 19.1 Å². The number of ether oxygens (including phenoxy) is 3. The van der Waals surface area contributed by atoms with Gasteiger partial charge in [-0.1, -0.05) is 44.2 Å². The molecule has 1 aromatic heterocycles. The van der Waals surface area contributed by atoms with E-state index in [1.807, 2.05) is 0 Å². The number of fused-ring (bicyclic) bond motifs is 1. The zero-order valence-electron chi connectivity index (χ0n) is 21.7. The SMILES string of the molecule is COC(=O)[C@@H](NC(=O)[C@H]1O[C@@H](Oc2cc3oc(-c4ccccc4)cc(=O)c3c(O)c2O)[C@@H](O)[C@@H](O)[C@@H]1O)C(C)C. The Morgan fingerprint density at radius 3 is 2.27 bits per heavy atom. The first-order valence-corrected chi connectivity index (χ1v) is 12.3. The molecule has 0 radical (unpaired) electrons. The summed E-state index contributed by atoms with van der Waals surface area (Å²) >= 11 is 0. The fourth-order valence-corrected chi connectivity index (χ4v) is 4.25. The Morgan fingerprint density at radius 2 is 1.65 bits per heavy atom. The molecule has 1 saturated heterocycles. The van der Waals surface area contributed by atoms with Crippen molar-refractivity contribution in [3.8, 4) is 28.6 Å². The second kappa shape index (κ2) is 11.5. The maximum atomic E-state index is 12.9. The number of rotatable bonds is 7. The van der Waals surface area contributed by atoms with Crippen molar-refractivity contribution in [2.75, 3.05) is 7.11 Å². The van der Waals surface area contributed by atoms with E-state index in [0.29, 0.717) is 5.56 Å². The highest BCUT2D eigenvalue weighted by Crippen LogP contribution is 2.42. The summed E-state index contributed by atoms with van der Waals surface area (Å²) < 4.78 is 21.4. The van der Waals surface area contributed by atoms with Crippen LogP contribution in [0.25, 0.3) is 22.3 Å². The van der Waals surface area contributed by atoms with Crippen LogP contribution in [0, 0.1) is 5.92 Å². The molecule has 1 aliphatic rings. The number of carbonyl (C=O) groups excluding carboxylic acids is 2. The third-order valence-corrected chi connectivity index (χ3v) is 6.48. The Balaban J connectivity index is 1.66. The summed E-state index contributed by atoms with van der Waals surface area (Å²) in [7, 11) is 1.14. The Morgan fingerprint density at radius 1 is 0.975 bits per heavy atom. The number of carbonyl (C=O) groups is 2. The normalized spacial score (nSPS) is 23.5. The quantitative estimate of drug-likeness (QED) is 0.172. The number of phenolic OH excluding ortho intramolecular Hbond substituents is 2. The highest BCUT2D eigenvalue weighted by molar-refractivity contribution is 5.89. The van der Waals surface area contributed by atoms with Gasteiger partial charge in [0.25, 0.3) is 5.91 Å². The first-order chi connectivity index (χ1) is 18.9. The molecule has 13 nitrogen and oxygen atoms in total. The summed E-state index contributed by atoms with van der Waals surface area (Å²) in [5, 5.41) is 54.4. The maximum Gasteiger partial charge on any atom is 0.328 e. The molecule has 2 aromatic carbocycles. The van der Waals surface area contributed by atoms with E-state index >= 15 is 0 Å². The van der Waals surface area contributed by atoms with Crippen LogP contribution < -0.4 is 15.5 Å². The molecule has 1 aliphatic heterocycles. The topological polar surface area (TPSA) is 205 Å². The first kappa shape index (κ1) is 28.8. The van der Waals surface area contributed by atoms with Gasteiger partial charge in [-0.25, -0.2) is 4.79 Å². The smallest absolute Gasteiger partial charge is 0.328 e. The van der Waals surface area contributed by atoms with E-state index in [0.717, 1.165) is 19.2 Å². The molecule has 13 heteroatoms. The molecule has 0 bridgehead atoms. The minimum atomic E-state index is -1.95. The van der Waals surface area contributed by atoms with E-state index < -0.39 is 77.2 Å². The lowest BCUT2D eigenvalue weighted by molar-refractivity contribution is -0.267. The molecule has 214 valence electrons. The zero-order valence-corrected chi connectivity index (χ0v) is 21.7. The number of benzene rings is 2. The molecule has 4 rings (SSSR count). The molecule has 0 spiro atoms. The second-order valence-corrected chi connectivity index (χ2v) is 9.55. The number of esters is 1. The molecular weight excluding hydrogens is 530 g/mol. The number of aromatic hydroxyl groups is 2. The first-order valence-electron chi connectivity index (χ1n) is 12.3. The Kier molecular flexibility index (Phi) is 8.30. The molecule has 3 aromatic rings. The molecule has 6 atom stereocenters. The van der Waals surface area contributed by atoms with E-state index in [2.05, 4.69) is 10.1 Å². The summed E-state index contributed by atoms with van der Waals surface area (Å²) in [6.07, 6.45) is -9.50. The lowest BCUT2D eigenvalue weighted by Gasteiger charge is -2.39. The Labute approximate surface area is 227 Å². The van der Waals surface area contributed by atoms with Gasteiger partial charge in [0.15, 0.2) is 23.0 Å². The summed E-state index contributed by atoms with van der Waals surface area (Å²) in [4.78, 5) is 37.7. The second-order valence-electron chi connectivity index (χ2n) is 9.55. The van der Waals surface area contributed by atoms with Gasteiger partial charge in [0.1, 0.15) is 41.1 Å². The molecule has 1 amide bonds.